The van der Waals surface area contributed by atoms with E-state index >= 15 is 0 Å². The predicted octanol–water partition coefficient (Wildman–Crippen LogP) is 2.39. The fourth-order valence-electron chi connectivity index (χ4n) is 2.58. The number of methoxy groups -OCH3 is 1. The molecule has 1 aromatic heterocycles. The van der Waals surface area contributed by atoms with Crippen molar-refractivity contribution in [2.24, 2.45) is 0 Å². The van der Waals surface area contributed by atoms with Gasteiger partial charge in [-0.1, -0.05) is 24.3 Å². The Hall–Kier alpha value is -3.22. The van der Waals surface area contributed by atoms with Gasteiger partial charge in [-0.15, -0.1) is 5.10 Å². The van der Waals surface area contributed by atoms with Crippen LogP contribution in [0.3, 0.4) is 0 Å². The van der Waals surface area contributed by atoms with Crippen LogP contribution in [0.25, 0.3) is 10.9 Å². The fourth-order valence-corrected chi connectivity index (χ4v) is 2.58. The minimum Gasteiger partial charge on any atom is -0.497 e. The van der Waals surface area contributed by atoms with Crippen molar-refractivity contribution < 1.29 is 9.53 Å². The Labute approximate surface area is 144 Å². The number of aromatic nitrogens is 3. The molecule has 0 aliphatic heterocycles. The number of ether oxygens (including phenoxy) is 1. The van der Waals surface area contributed by atoms with E-state index in [-0.39, 0.29) is 11.5 Å². The summed E-state index contributed by atoms with van der Waals surface area (Å²) in [6.45, 7) is 1.82. The second-order valence-electron chi connectivity index (χ2n) is 5.50. The first-order valence-corrected chi connectivity index (χ1v) is 7.93. The van der Waals surface area contributed by atoms with Gasteiger partial charge in [-0.25, -0.2) is 0 Å². The maximum absolute atomic E-state index is 12.6. The third-order valence-electron chi connectivity index (χ3n) is 3.93. The van der Waals surface area contributed by atoms with Crippen molar-refractivity contribution in [1.29, 1.82) is 0 Å². The summed E-state index contributed by atoms with van der Waals surface area (Å²) in [6, 6.07) is 13.2. The fraction of sp³-hybridized carbons (Fsp3) is 0.222. The monoisotopic (exact) mass is 338 g/mol. The molecule has 3 rings (SSSR count). The first-order valence-electron chi connectivity index (χ1n) is 7.93. The largest absolute Gasteiger partial charge is 0.497 e. The highest BCUT2D eigenvalue weighted by Crippen LogP contribution is 2.17. The number of carbonyl (C=O) groups is 1. The summed E-state index contributed by atoms with van der Waals surface area (Å²) < 4.78 is 6.23. The smallest absolute Gasteiger partial charge is 0.278 e. The zero-order chi connectivity index (χ0) is 17.8. The molecular weight excluding hydrogens is 320 g/mol. The predicted molar refractivity (Wildman–Crippen MR) is 94.7 cm³/mol. The quantitative estimate of drug-likeness (QED) is 0.772. The third kappa shape index (κ3) is 3.35. The summed E-state index contributed by atoms with van der Waals surface area (Å²) >= 11 is 0. The summed E-state index contributed by atoms with van der Waals surface area (Å²) in [5, 5.41) is 11.2. The maximum atomic E-state index is 12.6. The van der Waals surface area contributed by atoms with Crippen LogP contribution in [0.5, 0.6) is 5.75 Å². The van der Waals surface area contributed by atoms with Crippen LogP contribution < -0.4 is 15.6 Å². The second kappa shape index (κ2) is 7.12. The molecule has 128 valence electrons. The van der Waals surface area contributed by atoms with Crippen molar-refractivity contribution >= 4 is 22.5 Å². The van der Waals surface area contributed by atoms with Gasteiger partial charge in [-0.3, -0.25) is 9.59 Å². The molecule has 25 heavy (non-hydrogen) atoms. The number of hydrogen-bond acceptors (Lipinski definition) is 5. The SMILES string of the molecule is CCC(C(=O)Nc1ccc(OC)cc1)n1nnc2ccccc2c1=O. The molecule has 1 amide bonds. The number of fused-ring (bicyclic) bond motifs is 1. The first kappa shape index (κ1) is 16.6. The Morgan fingerprint density at radius 3 is 2.60 bits per heavy atom. The van der Waals surface area contributed by atoms with Crippen LogP contribution in [0.4, 0.5) is 5.69 Å². The number of nitrogens with one attached hydrogen (secondary N) is 1. The van der Waals surface area contributed by atoms with Gasteiger partial charge < -0.3 is 10.1 Å². The van der Waals surface area contributed by atoms with Crippen LogP contribution in [-0.4, -0.2) is 28.0 Å². The molecule has 7 heteroatoms. The lowest BCUT2D eigenvalue weighted by molar-refractivity contribution is -0.119. The van der Waals surface area contributed by atoms with Crippen molar-refractivity contribution in [3.8, 4) is 5.75 Å². The normalized spacial score (nSPS) is 11.9. The summed E-state index contributed by atoms with van der Waals surface area (Å²) in [5.41, 5.74) is 0.794. The molecular formula is C18H18N4O3. The minimum absolute atomic E-state index is 0.320. The molecule has 7 nitrogen and oxygen atoms in total. The van der Waals surface area contributed by atoms with E-state index in [0.717, 1.165) is 4.68 Å². The zero-order valence-electron chi connectivity index (χ0n) is 14.0. The number of nitrogens with zero attached hydrogens (tertiary/aromatic N) is 3. The molecule has 0 saturated heterocycles. The van der Waals surface area contributed by atoms with Crippen molar-refractivity contribution in [2.75, 3.05) is 12.4 Å². The van der Waals surface area contributed by atoms with Gasteiger partial charge in [0.1, 0.15) is 17.3 Å². The molecule has 0 saturated carbocycles. The van der Waals surface area contributed by atoms with Gasteiger partial charge >= 0.3 is 0 Å². The summed E-state index contributed by atoms with van der Waals surface area (Å²) in [5.74, 6) is 0.376. The number of anilines is 1. The molecule has 0 spiro atoms. The lowest BCUT2D eigenvalue weighted by Gasteiger charge is -2.16. The number of carbonyl (C=O) groups excluding carboxylic acids is 1. The topological polar surface area (TPSA) is 86.1 Å². The van der Waals surface area contributed by atoms with E-state index in [1.54, 1.807) is 55.6 Å². The van der Waals surface area contributed by atoms with E-state index < -0.39 is 6.04 Å². The highest BCUT2D eigenvalue weighted by molar-refractivity contribution is 5.93. The number of hydrogen-bond donors (Lipinski definition) is 1. The van der Waals surface area contributed by atoms with Crippen LogP contribution >= 0.6 is 0 Å². The summed E-state index contributed by atoms with van der Waals surface area (Å²) in [7, 11) is 1.57. The van der Waals surface area contributed by atoms with E-state index in [9.17, 15) is 9.59 Å². The van der Waals surface area contributed by atoms with Crippen LogP contribution in [-0.2, 0) is 4.79 Å². The van der Waals surface area contributed by atoms with E-state index in [4.69, 9.17) is 4.74 Å². The van der Waals surface area contributed by atoms with E-state index in [0.29, 0.717) is 28.8 Å². The van der Waals surface area contributed by atoms with Crippen molar-refractivity contribution in [3.05, 3.63) is 58.9 Å². The maximum Gasteiger partial charge on any atom is 0.278 e. The number of benzene rings is 2. The molecule has 0 aliphatic carbocycles. The van der Waals surface area contributed by atoms with Crippen molar-refractivity contribution in [2.45, 2.75) is 19.4 Å². The van der Waals surface area contributed by atoms with Crippen LogP contribution in [0.1, 0.15) is 19.4 Å². The molecule has 1 atom stereocenters. The molecule has 1 heterocycles. The van der Waals surface area contributed by atoms with Gasteiger partial charge in [0.25, 0.3) is 5.56 Å². The lowest BCUT2D eigenvalue weighted by Crippen LogP contribution is -2.35. The van der Waals surface area contributed by atoms with Gasteiger partial charge in [-0.05, 0) is 42.8 Å². The molecule has 0 fully saturated rings. The van der Waals surface area contributed by atoms with Crippen molar-refractivity contribution in [3.63, 3.8) is 0 Å². The average Bonchev–Trinajstić information content (AvgIpc) is 2.65. The third-order valence-corrected chi connectivity index (χ3v) is 3.93. The minimum atomic E-state index is -0.744. The van der Waals surface area contributed by atoms with Crippen molar-refractivity contribution in [1.82, 2.24) is 15.0 Å². The molecule has 1 unspecified atom stereocenters. The summed E-state index contributed by atoms with van der Waals surface area (Å²) in [4.78, 5) is 25.3. The Bertz CT molecular complexity index is 950. The van der Waals surface area contributed by atoms with Crippen LogP contribution in [0, 0.1) is 0 Å². The molecule has 2 aromatic carbocycles. The Morgan fingerprint density at radius 2 is 1.92 bits per heavy atom. The van der Waals surface area contributed by atoms with E-state index in [1.807, 2.05) is 6.92 Å². The molecule has 0 radical (unpaired) electrons. The molecule has 0 bridgehead atoms. The van der Waals surface area contributed by atoms with Gasteiger partial charge in [0.15, 0.2) is 0 Å². The first-order chi connectivity index (χ1) is 12.1. The number of amides is 1. The Balaban J connectivity index is 1.89. The average molecular weight is 338 g/mol. The van der Waals surface area contributed by atoms with E-state index in [1.165, 1.54) is 0 Å². The van der Waals surface area contributed by atoms with Crippen LogP contribution in [0.15, 0.2) is 53.3 Å². The van der Waals surface area contributed by atoms with E-state index in [2.05, 4.69) is 15.6 Å². The highest BCUT2D eigenvalue weighted by atomic mass is 16.5. The zero-order valence-corrected chi connectivity index (χ0v) is 14.0. The highest BCUT2D eigenvalue weighted by Gasteiger charge is 2.22. The standard InChI is InChI=1S/C18H18N4O3/c1-3-16(17(23)19-12-8-10-13(25-2)11-9-12)22-18(24)14-6-4-5-7-15(14)20-21-22/h4-11,16H,3H2,1-2H3,(H,19,23). The summed E-state index contributed by atoms with van der Waals surface area (Å²) in [6.07, 6.45) is 0.412. The van der Waals surface area contributed by atoms with Gasteiger partial charge in [0.2, 0.25) is 5.91 Å². The molecule has 0 aliphatic rings. The van der Waals surface area contributed by atoms with Gasteiger partial charge in [0.05, 0.1) is 12.5 Å². The number of rotatable bonds is 5. The lowest BCUT2D eigenvalue weighted by atomic mass is 10.2. The second-order valence-corrected chi connectivity index (χ2v) is 5.50. The molecule has 1 N–H and O–H groups in total. The van der Waals surface area contributed by atoms with Gasteiger partial charge in [0, 0.05) is 5.69 Å². The van der Waals surface area contributed by atoms with Crippen LogP contribution in [0.2, 0.25) is 0 Å². The van der Waals surface area contributed by atoms with Gasteiger partial charge in [-0.2, -0.15) is 4.68 Å². The Morgan fingerprint density at radius 1 is 1.20 bits per heavy atom. The molecule has 3 aromatic rings. The Kier molecular flexibility index (Phi) is 4.74.